The number of piperidine rings is 1. The molecule has 1 N–H and O–H groups in total. The predicted molar refractivity (Wildman–Crippen MR) is 105 cm³/mol. The van der Waals surface area contributed by atoms with Gasteiger partial charge in [0.2, 0.25) is 0 Å². The van der Waals surface area contributed by atoms with Crippen LogP contribution < -0.4 is 5.32 Å². The van der Waals surface area contributed by atoms with Crippen molar-refractivity contribution in [2.24, 2.45) is 11.3 Å². The number of carbonyl (C=O) groups excluding carboxylic acids is 2. The Morgan fingerprint density at radius 3 is 2.75 bits per heavy atom. The molecule has 1 saturated carbocycles. The van der Waals surface area contributed by atoms with Crippen molar-refractivity contribution < 1.29 is 14.3 Å². The number of ether oxygens (including phenoxy) is 1. The van der Waals surface area contributed by atoms with Gasteiger partial charge >= 0.3 is 6.09 Å². The average Bonchev–Trinajstić information content (AvgIpc) is 3.09. The molecule has 7 nitrogen and oxygen atoms in total. The molecule has 1 atom stereocenters. The van der Waals surface area contributed by atoms with Crippen molar-refractivity contribution in [1.29, 1.82) is 0 Å². The minimum atomic E-state index is -0.460. The van der Waals surface area contributed by atoms with E-state index in [1.807, 2.05) is 42.3 Å². The van der Waals surface area contributed by atoms with Crippen LogP contribution in [-0.4, -0.2) is 51.5 Å². The largest absolute Gasteiger partial charge is 0.444 e. The van der Waals surface area contributed by atoms with Gasteiger partial charge in [0.25, 0.3) is 5.91 Å². The van der Waals surface area contributed by atoms with E-state index < -0.39 is 5.60 Å². The second-order valence-corrected chi connectivity index (χ2v) is 9.05. The summed E-state index contributed by atoms with van der Waals surface area (Å²) in [5.41, 5.74) is 1.28. The van der Waals surface area contributed by atoms with Gasteiger partial charge in [-0.25, -0.2) is 9.78 Å². The molecule has 1 aliphatic heterocycles. The fraction of sp³-hybridized carbons (Fsp3) is 0.571. The fourth-order valence-electron chi connectivity index (χ4n) is 4.17. The quantitative estimate of drug-likeness (QED) is 0.882. The first kappa shape index (κ1) is 18.8. The topological polar surface area (TPSA) is 75.9 Å². The molecule has 0 aromatic carbocycles. The summed E-state index contributed by atoms with van der Waals surface area (Å²) < 4.78 is 7.32. The van der Waals surface area contributed by atoms with Gasteiger partial charge in [-0.1, -0.05) is 0 Å². The van der Waals surface area contributed by atoms with Crippen molar-refractivity contribution in [3.8, 4) is 0 Å². The van der Waals surface area contributed by atoms with Crippen molar-refractivity contribution in [2.45, 2.75) is 45.6 Å². The summed E-state index contributed by atoms with van der Waals surface area (Å²) in [6, 6.07) is 3.65. The molecule has 2 aromatic heterocycles. The zero-order valence-corrected chi connectivity index (χ0v) is 16.8. The van der Waals surface area contributed by atoms with Crippen LogP contribution in [0.1, 0.15) is 50.4 Å². The second kappa shape index (κ2) is 6.79. The van der Waals surface area contributed by atoms with Gasteiger partial charge in [0, 0.05) is 38.2 Å². The van der Waals surface area contributed by atoms with Crippen molar-refractivity contribution >= 4 is 17.6 Å². The molecule has 1 aliphatic carbocycles. The van der Waals surface area contributed by atoms with Crippen LogP contribution in [0.4, 0.5) is 4.79 Å². The third-order valence-electron chi connectivity index (χ3n) is 5.93. The van der Waals surface area contributed by atoms with Gasteiger partial charge in [-0.05, 0) is 63.5 Å². The first-order chi connectivity index (χ1) is 13.3. The Bertz CT molecular complexity index is 890. The van der Waals surface area contributed by atoms with Crippen molar-refractivity contribution in [3.05, 3.63) is 36.3 Å². The Morgan fingerprint density at radius 2 is 2.04 bits per heavy atom. The van der Waals surface area contributed by atoms with Crippen LogP contribution in [0, 0.1) is 11.3 Å². The van der Waals surface area contributed by atoms with Gasteiger partial charge in [-0.15, -0.1) is 0 Å². The molecule has 3 heterocycles. The molecule has 0 unspecified atom stereocenters. The standard InChI is InChI=1S/C21H28N4O3/c1-20(2,3)28-19(27)24-9-6-21(7-10-24)12-16(21)13-23-18(26)15-4-5-17-22-8-11-25(17)14-15/h4-5,8,11,14,16H,6-7,9-10,12-13H2,1-3H3,(H,23,26)/t16-/m0/s1. The van der Waals surface area contributed by atoms with Gasteiger partial charge in [-0.2, -0.15) is 0 Å². The van der Waals surface area contributed by atoms with Crippen LogP contribution in [0.15, 0.2) is 30.7 Å². The molecule has 0 radical (unpaired) electrons. The van der Waals surface area contributed by atoms with Crippen LogP contribution >= 0.6 is 0 Å². The number of hydrogen-bond donors (Lipinski definition) is 1. The lowest BCUT2D eigenvalue weighted by Gasteiger charge is -2.34. The lowest BCUT2D eigenvalue weighted by molar-refractivity contribution is 0.0165. The molecular weight excluding hydrogens is 356 g/mol. The SMILES string of the molecule is CC(C)(C)OC(=O)N1CCC2(CC1)C[C@H]2CNC(=O)c1ccc2nccn2c1. The van der Waals surface area contributed by atoms with E-state index in [2.05, 4.69) is 10.3 Å². The third-order valence-corrected chi connectivity index (χ3v) is 5.93. The summed E-state index contributed by atoms with van der Waals surface area (Å²) in [6.45, 7) is 7.82. The summed E-state index contributed by atoms with van der Waals surface area (Å²) in [5, 5.41) is 3.08. The van der Waals surface area contributed by atoms with E-state index in [0.29, 0.717) is 18.0 Å². The lowest BCUT2D eigenvalue weighted by atomic mass is 9.91. The number of nitrogens with one attached hydrogen (secondary N) is 1. The van der Waals surface area contributed by atoms with E-state index in [-0.39, 0.29) is 17.4 Å². The Morgan fingerprint density at radius 1 is 1.29 bits per heavy atom. The summed E-state index contributed by atoms with van der Waals surface area (Å²) in [4.78, 5) is 30.7. The number of hydrogen-bond acceptors (Lipinski definition) is 4. The highest BCUT2D eigenvalue weighted by Gasteiger charge is 2.55. The Kier molecular flexibility index (Phi) is 4.56. The molecule has 7 heteroatoms. The molecule has 2 fully saturated rings. The predicted octanol–water partition coefficient (Wildman–Crippen LogP) is 3.10. The first-order valence-corrected chi connectivity index (χ1v) is 9.95. The normalized spacial score (nSPS) is 21.0. The molecular formula is C21H28N4O3. The number of fused-ring (bicyclic) bond motifs is 1. The summed E-state index contributed by atoms with van der Waals surface area (Å²) in [5.74, 6) is 0.443. The van der Waals surface area contributed by atoms with E-state index in [0.717, 1.165) is 38.0 Å². The molecule has 0 bridgehead atoms. The number of carbonyl (C=O) groups is 2. The molecule has 2 aliphatic rings. The smallest absolute Gasteiger partial charge is 0.410 e. The number of aromatic nitrogens is 2. The maximum absolute atomic E-state index is 12.5. The average molecular weight is 384 g/mol. The fourth-order valence-corrected chi connectivity index (χ4v) is 4.17. The minimum Gasteiger partial charge on any atom is -0.444 e. The summed E-state index contributed by atoms with van der Waals surface area (Å²) in [7, 11) is 0. The van der Waals surface area contributed by atoms with Crippen LogP contribution in [0.5, 0.6) is 0 Å². The summed E-state index contributed by atoms with van der Waals surface area (Å²) >= 11 is 0. The van der Waals surface area contributed by atoms with E-state index in [1.165, 1.54) is 0 Å². The number of nitrogens with zero attached hydrogens (tertiary/aromatic N) is 3. The van der Waals surface area contributed by atoms with Crippen LogP contribution in [0.2, 0.25) is 0 Å². The molecule has 2 amide bonds. The van der Waals surface area contributed by atoms with Crippen molar-refractivity contribution in [1.82, 2.24) is 19.6 Å². The maximum atomic E-state index is 12.5. The number of imidazole rings is 1. The molecule has 4 rings (SSSR count). The third kappa shape index (κ3) is 3.84. The monoisotopic (exact) mass is 384 g/mol. The molecule has 1 saturated heterocycles. The number of rotatable bonds is 3. The number of likely N-dealkylation sites (tertiary alicyclic amines) is 1. The van der Waals surface area contributed by atoms with Crippen LogP contribution in [0.25, 0.3) is 5.65 Å². The van der Waals surface area contributed by atoms with Crippen LogP contribution in [0.3, 0.4) is 0 Å². The molecule has 1 spiro atoms. The molecule has 28 heavy (non-hydrogen) atoms. The van der Waals surface area contributed by atoms with Gasteiger partial charge < -0.3 is 19.4 Å². The highest BCUT2D eigenvalue weighted by Crippen LogP contribution is 2.59. The Labute approximate surface area is 165 Å². The first-order valence-electron chi connectivity index (χ1n) is 9.95. The van der Waals surface area contributed by atoms with Crippen molar-refractivity contribution in [3.63, 3.8) is 0 Å². The van der Waals surface area contributed by atoms with E-state index in [9.17, 15) is 9.59 Å². The zero-order valence-electron chi connectivity index (χ0n) is 16.8. The number of pyridine rings is 1. The Hall–Kier alpha value is -2.57. The Balaban J connectivity index is 1.26. The van der Waals surface area contributed by atoms with Gasteiger partial charge in [0.15, 0.2) is 0 Å². The zero-order chi connectivity index (χ0) is 19.9. The summed E-state index contributed by atoms with van der Waals surface area (Å²) in [6.07, 6.45) is 8.22. The van der Waals surface area contributed by atoms with E-state index in [4.69, 9.17) is 4.74 Å². The highest BCUT2D eigenvalue weighted by molar-refractivity contribution is 5.94. The molecule has 150 valence electrons. The molecule has 2 aromatic rings. The number of amides is 2. The van der Waals surface area contributed by atoms with Gasteiger partial charge in [-0.3, -0.25) is 4.79 Å². The lowest BCUT2D eigenvalue weighted by Crippen LogP contribution is -2.43. The van der Waals surface area contributed by atoms with Gasteiger partial charge in [0.05, 0.1) is 5.56 Å². The van der Waals surface area contributed by atoms with E-state index in [1.54, 1.807) is 18.5 Å². The van der Waals surface area contributed by atoms with Crippen molar-refractivity contribution in [2.75, 3.05) is 19.6 Å². The van der Waals surface area contributed by atoms with E-state index >= 15 is 0 Å². The van der Waals surface area contributed by atoms with Crippen LogP contribution in [-0.2, 0) is 4.74 Å². The second-order valence-electron chi connectivity index (χ2n) is 9.05. The minimum absolute atomic E-state index is 0.0520. The maximum Gasteiger partial charge on any atom is 0.410 e. The highest BCUT2D eigenvalue weighted by atomic mass is 16.6. The van der Waals surface area contributed by atoms with Gasteiger partial charge in [0.1, 0.15) is 11.2 Å².